The molecule has 0 aliphatic heterocycles. The number of anilines is 1. The normalized spacial score (nSPS) is 11.5. The lowest BCUT2D eigenvalue weighted by Gasteiger charge is -2.35. The number of nitrogens with zero attached hydrogens (tertiary/aromatic N) is 1. The summed E-state index contributed by atoms with van der Waals surface area (Å²) in [5.41, 5.74) is -0.407. The second kappa shape index (κ2) is 23.0. The predicted octanol–water partition coefficient (Wildman–Crippen LogP) is 4.29. The maximum atomic E-state index is 12.5. The standard InChI is InChI=1S/C34H49ClN4O11S/c1-33(2,10-9-30(41)42)23-34(3,4)50-27-7-6-25(19-26(27)35)51-39-28-8-5-24(20-38-28)32(45)37-12-14-47-15-17-48-21-29(40)36-11-13-46-16-18-49-22-31(43)44/h5-8,19-20H,9-18,21-23H2,1-4H3,(H,36,40)(H,37,45)(H,38,39)(H,41,42)(H,43,44). The molecule has 17 heteroatoms. The Labute approximate surface area is 307 Å². The molecular weight excluding hydrogens is 708 g/mol. The van der Waals surface area contributed by atoms with Crippen molar-refractivity contribution < 1.29 is 53.1 Å². The third-order valence-electron chi connectivity index (χ3n) is 6.81. The highest BCUT2D eigenvalue weighted by Crippen LogP contribution is 2.38. The van der Waals surface area contributed by atoms with Gasteiger partial charge in [-0.25, -0.2) is 9.78 Å². The van der Waals surface area contributed by atoms with Gasteiger partial charge in [0.2, 0.25) is 5.91 Å². The SMILES string of the molecule is CC(C)(CCC(=O)O)CC(C)(C)Oc1ccc(SNc2ccc(C(=O)NCCOCCOCC(=O)NCCOCCOCC(=O)O)cn2)cc1Cl. The van der Waals surface area contributed by atoms with Crippen molar-refractivity contribution in [2.45, 2.75) is 57.5 Å². The van der Waals surface area contributed by atoms with Crippen LogP contribution in [0.5, 0.6) is 5.75 Å². The monoisotopic (exact) mass is 756 g/mol. The number of aromatic nitrogens is 1. The number of nitrogens with one attached hydrogen (secondary N) is 3. The van der Waals surface area contributed by atoms with Gasteiger partial charge in [-0.3, -0.25) is 14.4 Å². The van der Waals surface area contributed by atoms with E-state index in [1.54, 1.807) is 24.3 Å². The Balaban J connectivity index is 1.59. The van der Waals surface area contributed by atoms with Crippen LogP contribution in [0.4, 0.5) is 5.82 Å². The number of amides is 2. The van der Waals surface area contributed by atoms with E-state index in [1.807, 2.05) is 33.8 Å². The molecule has 0 radical (unpaired) electrons. The summed E-state index contributed by atoms with van der Waals surface area (Å²) in [5.74, 6) is -1.39. The Morgan fingerprint density at radius 3 is 2.08 bits per heavy atom. The van der Waals surface area contributed by atoms with Gasteiger partial charge in [-0.2, -0.15) is 0 Å². The lowest BCUT2D eigenvalue weighted by molar-refractivity contribution is -0.143. The van der Waals surface area contributed by atoms with Gasteiger partial charge in [0.1, 0.15) is 30.4 Å². The Morgan fingerprint density at radius 2 is 1.47 bits per heavy atom. The lowest BCUT2D eigenvalue weighted by Crippen LogP contribution is -2.34. The molecule has 0 bridgehead atoms. The maximum absolute atomic E-state index is 12.5. The first-order chi connectivity index (χ1) is 24.2. The largest absolute Gasteiger partial charge is 0.486 e. The molecule has 51 heavy (non-hydrogen) atoms. The molecule has 0 saturated heterocycles. The highest BCUT2D eigenvalue weighted by atomic mass is 35.5. The number of ether oxygens (including phenoxy) is 5. The fourth-order valence-corrected chi connectivity index (χ4v) is 5.70. The van der Waals surface area contributed by atoms with Crippen molar-refractivity contribution in [2.24, 2.45) is 5.41 Å². The number of carboxylic acid groups (broad SMARTS) is 2. The van der Waals surface area contributed by atoms with Crippen molar-refractivity contribution in [3.8, 4) is 5.75 Å². The van der Waals surface area contributed by atoms with Crippen molar-refractivity contribution in [3.63, 3.8) is 0 Å². The van der Waals surface area contributed by atoms with E-state index in [1.165, 1.54) is 18.1 Å². The van der Waals surface area contributed by atoms with Crippen LogP contribution in [0, 0.1) is 5.41 Å². The lowest BCUT2D eigenvalue weighted by atomic mass is 9.78. The Bertz CT molecular complexity index is 1400. The van der Waals surface area contributed by atoms with Gasteiger partial charge in [-0.05, 0) is 74.4 Å². The van der Waals surface area contributed by atoms with Gasteiger partial charge in [-0.15, -0.1) is 0 Å². The van der Waals surface area contributed by atoms with Gasteiger partial charge in [0.15, 0.2) is 0 Å². The number of halogens is 1. The van der Waals surface area contributed by atoms with Crippen LogP contribution in [-0.2, 0) is 33.3 Å². The first kappa shape index (κ1) is 43.5. The summed E-state index contributed by atoms with van der Waals surface area (Å²) >= 11 is 7.83. The fourth-order valence-electron chi connectivity index (χ4n) is 4.76. The molecule has 5 N–H and O–H groups in total. The molecule has 1 heterocycles. The minimum atomic E-state index is -1.05. The van der Waals surface area contributed by atoms with Crippen LogP contribution in [-0.4, -0.2) is 110 Å². The summed E-state index contributed by atoms with van der Waals surface area (Å²) < 4.78 is 30.1. The number of carbonyl (C=O) groups excluding carboxylic acids is 2. The smallest absolute Gasteiger partial charge is 0.329 e. The predicted molar refractivity (Wildman–Crippen MR) is 191 cm³/mol. The van der Waals surface area contributed by atoms with Crippen LogP contribution in [0.1, 0.15) is 57.3 Å². The topological polar surface area (TPSA) is 204 Å². The van der Waals surface area contributed by atoms with Gasteiger partial charge < -0.3 is 49.3 Å². The van der Waals surface area contributed by atoms with Crippen LogP contribution in [0.25, 0.3) is 0 Å². The van der Waals surface area contributed by atoms with Gasteiger partial charge in [-0.1, -0.05) is 25.4 Å². The molecule has 0 atom stereocenters. The molecule has 1 aromatic heterocycles. The molecule has 0 fully saturated rings. The van der Waals surface area contributed by atoms with E-state index in [-0.39, 0.29) is 89.6 Å². The minimum Gasteiger partial charge on any atom is -0.486 e. The number of hydrogen-bond acceptors (Lipinski definition) is 12. The number of carbonyl (C=O) groups is 4. The van der Waals surface area contributed by atoms with Gasteiger partial charge >= 0.3 is 11.9 Å². The van der Waals surface area contributed by atoms with E-state index in [4.69, 9.17) is 45.5 Å². The highest BCUT2D eigenvalue weighted by Gasteiger charge is 2.31. The molecule has 0 aliphatic rings. The number of pyridine rings is 1. The Hall–Kier alpha value is -3.67. The van der Waals surface area contributed by atoms with Crippen LogP contribution in [0.3, 0.4) is 0 Å². The summed E-state index contributed by atoms with van der Waals surface area (Å²) in [6, 6.07) is 8.78. The van der Waals surface area contributed by atoms with Crippen LogP contribution in [0.2, 0.25) is 5.02 Å². The Kier molecular flexibility index (Phi) is 19.6. The zero-order valence-electron chi connectivity index (χ0n) is 29.5. The third kappa shape index (κ3) is 20.1. The summed E-state index contributed by atoms with van der Waals surface area (Å²) in [6.45, 7) is 9.36. The fraction of sp³-hybridized carbons (Fsp3) is 0.559. The summed E-state index contributed by atoms with van der Waals surface area (Å²) in [4.78, 5) is 50.6. The quantitative estimate of drug-likeness (QED) is 0.0638. The number of hydrogen-bond donors (Lipinski definition) is 5. The second-order valence-corrected chi connectivity index (χ2v) is 13.9. The second-order valence-electron chi connectivity index (χ2n) is 12.7. The van der Waals surface area contributed by atoms with Crippen molar-refractivity contribution >= 4 is 53.1 Å². The van der Waals surface area contributed by atoms with E-state index in [0.717, 1.165) is 4.90 Å². The van der Waals surface area contributed by atoms with Gasteiger partial charge in [0.25, 0.3) is 5.91 Å². The first-order valence-electron chi connectivity index (χ1n) is 16.3. The number of benzene rings is 1. The number of carboxylic acids is 2. The van der Waals surface area contributed by atoms with Crippen LogP contribution in [0.15, 0.2) is 41.4 Å². The zero-order chi connectivity index (χ0) is 37.7. The number of aliphatic carboxylic acids is 2. The number of rotatable bonds is 27. The molecule has 2 rings (SSSR count). The minimum absolute atomic E-state index is 0.103. The molecule has 0 aliphatic carbocycles. The molecule has 284 valence electrons. The van der Waals surface area contributed by atoms with E-state index in [9.17, 15) is 19.2 Å². The van der Waals surface area contributed by atoms with E-state index in [0.29, 0.717) is 35.0 Å². The zero-order valence-corrected chi connectivity index (χ0v) is 31.0. The Morgan fingerprint density at radius 1 is 0.824 bits per heavy atom. The van der Waals surface area contributed by atoms with Crippen molar-refractivity contribution in [3.05, 3.63) is 47.1 Å². The highest BCUT2D eigenvalue weighted by molar-refractivity contribution is 8.00. The van der Waals surface area contributed by atoms with E-state index < -0.39 is 17.5 Å². The summed E-state index contributed by atoms with van der Waals surface area (Å²) in [6.07, 6.45) is 2.75. The van der Waals surface area contributed by atoms with Gasteiger partial charge in [0.05, 0.1) is 50.2 Å². The van der Waals surface area contributed by atoms with Crippen LogP contribution < -0.4 is 20.1 Å². The van der Waals surface area contributed by atoms with Crippen molar-refractivity contribution in [2.75, 3.05) is 70.7 Å². The average Bonchev–Trinajstić information content (AvgIpc) is 3.06. The maximum Gasteiger partial charge on any atom is 0.329 e. The molecule has 2 amide bonds. The molecule has 0 spiro atoms. The molecule has 1 aromatic carbocycles. The van der Waals surface area contributed by atoms with E-state index in [2.05, 4.69) is 20.3 Å². The molecular formula is C34H49ClN4O11S. The molecule has 15 nitrogen and oxygen atoms in total. The van der Waals surface area contributed by atoms with E-state index >= 15 is 0 Å². The molecule has 2 aromatic rings. The van der Waals surface area contributed by atoms with Crippen LogP contribution >= 0.6 is 23.5 Å². The summed E-state index contributed by atoms with van der Waals surface area (Å²) in [7, 11) is 0. The summed E-state index contributed by atoms with van der Waals surface area (Å²) in [5, 5.41) is 23.3. The first-order valence-corrected chi connectivity index (χ1v) is 17.5. The van der Waals surface area contributed by atoms with Crippen molar-refractivity contribution in [1.82, 2.24) is 15.6 Å². The third-order valence-corrected chi connectivity index (χ3v) is 7.91. The molecule has 0 saturated carbocycles. The molecule has 0 unspecified atom stereocenters. The van der Waals surface area contributed by atoms with Crippen molar-refractivity contribution in [1.29, 1.82) is 0 Å². The average molecular weight is 757 g/mol. The van der Waals surface area contributed by atoms with Gasteiger partial charge in [0, 0.05) is 30.6 Å².